The molecule has 6 nitrogen and oxygen atoms in total. The van der Waals surface area contributed by atoms with Gasteiger partial charge in [-0.05, 0) is 53.7 Å². The average Bonchev–Trinajstić information content (AvgIpc) is 2.91. The van der Waals surface area contributed by atoms with Crippen molar-refractivity contribution in [2.45, 2.75) is 19.3 Å². The van der Waals surface area contributed by atoms with Gasteiger partial charge in [0.15, 0.2) is 0 Å². The summed E-state index contributed by atoms with van der Waals surface area (Å²) in [6, 6.07) is 7.57. The fraction of sp³-hybridized carbons (Fsp3) is 0.429. The van der Waals surface area contributed by atoms with Crippen LogP contribution in [0.2, 0.25) is 0 Å². The molecule has 1 aromatic heterocycles. The minimum atomic E-state index is 0.123. The standard InChI is InChI=1S/C14H15N5O/c20-14(11-6-9-5-10(9)7-11)16-12-3-1-2-4-13(12)19-8-15-17-18-19/h1-4,8-11H,5-7H2,(H,16,20). The highest BCUT2D eigenvalue weighted by Gasteiger charge is 2.48. The summed E-state index contributed by atoms with van der Waals surface area (Å²) in [4.78, 5) is 12.3. The lowest BCUT2D eigenvalue weighted by atomic mass is 10.0. The Morgan fingerprint density at radius 1 is 1.20 bits per heavy atom. The van der Waals surface area contributed by atoms with Gasteiger partial charge in [-0.2, -0.15) is 4.68 Å². The van der Waals surface area contributed by atoms with E-state index in [4.69, 9.17) is 0 Å². The van der Waals surface area contributed by atoms with E-state index in [0.717, 1.165) is 36.1 Å². The summed E-state index contributed by atoms with van der Waals surface area (Å²) < 4.78 is 1.56. The molecular formula is C14H15N5O. The van der Waals surface area contributed by atoms with Crippen molar-refractivity contribution in [2.24, 2.45) is 17.8 Å². The first kappa shape index (κ1) is 11.6. The summed E-state index contributed by atoms with van der Waals surface area (Å²) in [5.74, 6) is 1.90. The van der Waals surface area contributed by atoms with Gasteiger partial charge in [-0.3, -0.25) is 4.79 Å². The summed E-state index contributed by atoms with van der Waals surface area (Å²) >= 11 is 0. The van der Waals surface area contributed by atoms with Crippen molar-refractivity contribution in [1.29, 1.82) is 0 Å². The predicted octanol–water partition coefficient (Wildman–Crippen LogP) is 1.65. The molecular weight excluding hydrogens is 254 g/mol. The minimum absolute atomic E-state index is 0.123. The number of para-hydroxylation sites is 2. The molecule has 0 radical (unpaired) electrons. The quantitative estimate of drug-likeness (QED) is 0.919. The van der Waals surface area contributed by atoms with Crippen molar-refractivity contribution in [3.05, 3.63) is 30.6 Å². The van der Waals surface area contributed by atoms with Crippen molar-refractivity contribution in [2.75, 3.05) is 5.32 Å². The number of aromatic nitrogens is 4. The first-order chi connectivity index (χ1) is 9.81. The molecule has 0 bridgehead atoms. The lowest BCUT2D eigenvalue weighted by Crippen LogP contribution is -2.22. The van der Waals surface area contributed by atoms with Gasteiger partial charge in [0.1, 0.15) is 6.33 Å². The van der Waals surface area contributed by atoms with Crippen LogP contribution in [0.5, 0.6) is 0 Å². The van der Waals surface area contributed by atoms with Gasteiger partial charge in [0.2, 0.25) is 5.91 Å². The zero-order valence-electron chi connectivity index (χ0n) is 10.9. The number of rotatable bonds is 3. The number of nitrogens with one attached hydrogen (secondary N) is 1. The molecule has 1 N–H and O–H groups in total. The van der Waals surface area contributed by atoms with E-state index in [1.807, 2.05) is 24.3 Å². The summed E-state index contributed by atoms with van der Waals surface area (Å²) in [6.07, 6.45) is 4.94. The van der Waals surface area contributed by atoms with Crippen LogP contribution in [0.1, 0.15) is 19.3 Å². The average molecular weight is 269 g/mol. The second kappa shape index (κ2) is 4.40. The van der Waals surface area contributed by atoms with Crippen LogP contribution in [0.3, 0.4) is 0 Å². The number of hydrogen-bond donors (Lipinski definition) is 1. The number of fused-ring (bicyclic) bond motifs is 1. The molecule has 2 aliphatic carbocycles. The topological polar surface area (TPSA) is 72.7 Å². The van der Waals surface area contributed by atoms with Crippen molar-refractivity contribution >= 4 is 11.6 Å². The van der Waals surface area contributed by atoms with Crippen LogP contribution < -0.4 is 5.32 Å². The van der Waals surface area contributed by atoms with E-state index < -0.39 is 0 Å². The number of nitrogens with zero attached hydrogens (tertiary/aromatic N) is 4. The molecule has 2 atom stereocenters. The first-order valence-electron chi connectivity index (χ1n) is 6.94. The molecule has 0 saturated heterocycles. The normalized spacial score (nSPS) is 27.1. The number of carbonyl (C=O) groups is 1. The van der Waals surface area contributed by atoms with Gasteiger partial charge in [0.05, 0.1) is 11.4 Å². The maximum Gasteiger partial charge on any atom is 0.227 e. The highest BCUT2D eigenvalue weighted by molar-refractivity contribution is 5.94. The summed E-state index contributed by atoms with van der Waals surface area (Å²) in [5, 5.41) is 14.2. The molecule has 20 heavy (non-hydrogen) atoms. The number of benzene rings is 1. The number of amides is 1. The third-order valence-corrected chi connectivity index (χ3v) is 4.37. The highest BCUT2D eigenvalue weighted by Crippen LogP contribution is 2.54. The third kappa shape index (κ3) is 1.97. The molecule has 0 spiro atoms. The van der Waals surface area contributed by atoms with E-state index in [1.165, 1.54) is 12.7 Å². The highest BCUT2D eigenvalue weighted by atomic mass is 16.1. The Morgan fingerprint density at radius 3 is 2.75 bits per heavy atom. The molecule has 2 aliphatic rings. The third-order valence-electron chi connectivity index (χ3n) is 4.37. The summed E-state index contributed by atoms with van der Waals surface area (Å²) in [6.45, 7) is 0. The maximum atomic E-state index is 12.3. The van der Waals surface area contributed by atoms with Gasteiger partial charge in [-0.25, -0.2) is 0 Å². The Labute approximate surface area is 116 Å². The predicted molar refractivity (Wildman–Crippen MR) is 72.1 cm³/mol. The van der Waals surface area contributed by atoms with Crippen LogP contribution >= 0.6 is 0 Å². The van der Waals surface area contributed by atoms with Crippen molar-refractivity contribution < 1.29 is 4.79 Å². The van der Waals surface area contributed by atoms with Crippen LogP contribution in [-0.4, -0.2) is 26.1 Å². The maximum absolute atomic E-state index is 12.3. The molecule has 6 heteroatoms. The number of anilines is 1. The van der Waals surface area contributed by atoms with Crippen molar-refractivity contribution in [3.63, 3.8) is 0 Å². The molecule has 1 aromatic carbocycles. The van der Waals surface area contributed by atoms with Gasteiger partial charge in [0.25, 0.3) is 0 Å². The lowest BCUT2D eigenvalue weighted by molar-refractivity contribution is -0.120. The lowest BCUT2D eigenvalue weighted by Gasteiger charge is -2.14. The minimum Gasteiger partial charge on any atom is -0.324 e. The van der Waals surface area contributed by atoms with Gasteiger partial charge in [-0.1, -0.05) is 12.1 Å². The Hall–Kier alpha value is -2.24. The first-order valence-corrected chi connectivity index (χ1v) is 6.94. The number of carbonyl (C=O) groups excluding carboxylic acids is 1. The molecule has 1 amide bonds. The van der Waals surface area contributed by atoms with Crippen LogP contribution in [0.25, 0.3) is 5.69 Å². The molecule has 4 rings (SSSR count). The number of tetrazole rings is 1. The Balaban J connectivity index is 1.55. The van der Waals surface area contributed by atoms with Gasteiger partial charge < -0.3 is 5.32 Å². The molecule has 2 fully saturated rings. The summed E-state index contributed by atoms with van der Waals surface area (Å²) in [7, 11) is 0. The fourth-order valence-corrected chi connectivity index (χ4v) is 3.21. The van der Waals surface area contributed by atoms with Crippen LogP contribution in [-0.2, 0) is 4.79 Å². The summed E-state index contributed by atoms with van der Waals surface area (Å²) in [5.41, 5.74) is 1.54. The van der Waals surface area contributed by atoms with E-state index in [1.54, 1.807) is 4.68 Å². The van der Waals surface area contributed by atoms with Gasteiger partial charge >= 0.3 is 0 Å². The second-order valence-corrected chi connectivity index (χ2v) is 5.68. The van der Waals surface area contributed by atoms with Crippen LogP contribution in [0, 0.1) is 17.8 Å². The zero-order chi connectivity index (χ0) is 13.5. The molecule has 1 heterocycles. The van der Waals surface area contributed by atoms with E-state index in [0.29, 0.717) is 0 Å². The van der Waals surface area contributed by atoms with Crippen molar-refractivity contribution in [1.82, 2.24) is 20.2 Å². The smallest absolute Gasteiger partial charge is 0.227 e. The van der Waals surface area contributed by atoms with Crippen molar-refractivity contribution in [3.8, 4) is 5.69 Å². The van der Waals surface area contributed by atoms with E-state index in [2.05, 4.69) is 20.8 Å². The molecule has 2 aromatic rings. The van der Waals surface area contributed by atoms with E-state index in [-0.39, 0.29) is 11.8 Å². The Kier molecular flexibility index (Phi) is 2.55. The fourth-order valence-electron chi connectivity index (χ4n) is 3.21. The molecule has 2 saturated carbocycles. The largest absolute Gasteiger partial charge is 0.324 e. The van der Waals surface area contributed by atoms with E-state index in [9.17, 15) is 4.79 Å². The monoisotopic (exact) mass is 269 g/mol. The van der Waals surface area contributed by atoms with Crippen LogP contribution in [0.15, 0.2) is 30.6 Å². The van der Waals surface area contributed by atoms with Gasteiger partial charge in [0, 0.05) is 5.92 Å². The number of hydrogen-bond acceptors (Lipinski definition) is 4. The molecule has 102 valence electrons. The SMILES string of the molecule is O=C(Nc1ccccc1-n1cnnn1)C1CC2CC2C1. The zero-order valence-corrected chi connectivity index (χ0v) is 10.9. The molecule has 0 aliphatic heterocycles. The Morgan fingerprint density at radius 2 is 2.00 bits per heavy atom. The van der Waals surface area contributed by atoms with E-state index >= 15 is 0 Å². The van der Waals surface area contributed by atoms with Gasteiger partial charge in [-0.15, -0.1) is 5.10 Å². The molecule has 2 unspecified atom stereocenters. The van der Waals surface area contributed by atoms with Crippen LogP contribution in [0.4, 0.5) is 5.69 Å². The second-order valence-electron chi connectivity index (χ2n) is 5.68. The Bertz CT molecular complexity index is 629.